The van der Waals surface area contributed by atoms with E-state index in [4.69, 9.17) is 0 Å². The summed E-state index contributed by atoms with van der Waals surface area (Å²) in [6.45, 7) is 2.37. The Kier molecular flexibility index (Phi) is 3.40. The Morgan fingerprint density at radius 3 is 2.80 bits per heavy atom. The van der Waals surface area contributed by atoms with Gasteiger partial charge in [0, 0.05) is 24.6 Å². The zero-order chi connectivity index (χ0) is 14.1. The molecule has 0 aliphatic carbocycles. The summed E-state index contributed by atoms with van der Waals surface area (Å²) < 4.78 is 0. The number of amides is 1. The lowest BCUT2D eigenvalue weighted by Crippen LogP contribution is -2.40. The van der Waals surface area contributed by atoms with E-state index in [-0.39, 0.29) is 17.5 Å². The number of carbonyl (C=O) groups is 1. The molecule has 1 N–H and O–H groups in total. The molecule has 1 saturated heterocycles. The number of hydrogen-bond donors (Lipinski definition) is 1. The minimum Gasteiger partial charge on any atom is -0.317 e. The second-order valence-corrected chi connectivity index (χ2v) is 5.33. The van der Waals surface area contributed by atoms with Crippen LogP contribution in [0, 0.1) is 16.0 Å². The summed E-state index contributed by atoms with van der Waals surface area (Å²) in [5, 5.41) is 14.1. The Labute approximate surface area is 116 Å². The van der Waals surface area contributed by atoms with Crippen molar-refractivity contribution in [2.45, 2.75) is 19.3 Å². The zero-order valence-electron chi connectivity index (χ0n) is 11.2. The van der Waals surface area contributed by atoms with Crippen molar-refractivity contribution >= 4 is 17.3 Å². The van der Waals surface area contributed by atoms with Crippen LogP contribution < -0.4 is 10.2 Å². The highest BCUT2D eigenvalue weighted by atomic mass is 16.6. The van der Waals surface area contributed by atoms with E-state index < -0.39 is 4.92 Å². The van der Waals surface area contributed by atoms with Crippen LogP contribution in [0.1, 0.15) is 18.4 Å². The Hall–Kier alpha value is -1.95. The third kappa shape index (κ3) is 2.27. The minimum atomic E-state index is -0.411. The van der Waals surface area contributed by atoms with Crippen LogP contribution in [0.2, 0.25) is 0 Å². The quantitative estimate of drug-likeness (QED) is 0.655. The van der Waals surface area contributed by atoms with E-state index in [0.29, 0.717) is 6.54 Å². The number of hydrogen-bond acceptors (Lipinski definition) is 4. The number of nitro groups is 1. The Balaban J connectivity index is 1.85. The molecule has 2 aliphatic heterocycles. The lowest BCUT2D eigenvalue weighted by molar-refractivity contribution is -0.384. The van der Waals surface area contributed by atoms with Gasteiger partial charge >= 0.3 is 0 Å². The monoisotopic (exact) mass is 275 g/mol. The smallest absolute Gasteiger partial charge is 0.271 e. The molecule has 0 spiro atoms. The number of carbonyl (C=O) groups excluding carboxylic acids is 1. The van der Waals surface area contributed by atoms with Crippen molar-refractivity contribution in [3.8, 4) is 0 Å². The number of nitrogens with zero attached hydrogens (tertiary/aromatic N) is 2. The molecule has 0 atom stereocenters. The topological polar surface area (TPSA) is 75.5 Å². The predicted octanol–water partition coefficient (Wildman–Crippen LogP) is 1.48. The molecule has 0 saturated carbocycles. The molecule has 3 rings (SSSR count). The van der Waals surface area contributed by atoms with Gasteiger partial charge in [-0.2, -0.15) is 0 Å². The summed E-state index contributed by atoms with van der Waals surface area (Å²) in [4.78, 5) is 24.8. The van der Waals surface area contributed by atoms with Gasteiger partial charge in [-0.3, -0.25) is 14.9 Å². The number of piperidine rings is 1. The maximum atomic E-state index is 12.6. The van der Waals surface area contributed by atoms with E-state index >= 15 is 0 Å². The normalized spacial score (nSPS) is 18.9. The van der Waals surface area contributed by atoms with Crippen molar-refractivity contribution in [3.05, 3.63) is 33.9 Å². The van der Waals surface area contributed by atoms with Crippen LogP contribution in [0.4, 0.5) is 11.4 Å². The first-order valence-electron chi connectivity index (χ1n) is 6.96. The number of nitrogens with one attached hydrogen (secondary N) is 1. The molecule has 1 amide bonds. The molecule has 1 aromatic rings. The second-order valence-electron chi connectivity index (χ2n) is 5.33. The first-order chi connectivity index (χ1) is 9.66. The van der Waals surface area contributed by atoms with Crippen LogP contribution in [-0.4, -0.2) is 30.5 Å². The van der Waals surface area contributed by atoms with Gasteiger partial charge in [0.25, 0.3) is 5.69 Å². The van der Waals surface area contributed by atoms with Gasteiger partial charge in [0.1, 0.15) is 0 Å². The molecule has 0 radical (unpaired) electrons. The SMILES string of the molecule is O=C(C1CCNCC1)N1CCc2ccc([N+](=O)[O-])cc21. The van der Waals surface area contributed by atoms with Gasteiger partial charge in [-0.1, -0.05) is 6.07 Å². The van der Waals surface area contributed by atoms with Crippen molar-refractivity contribution < 1.29 is 9.72 Å². The molecule has 0 aromatic heterocycles. The largest absolute Gasteiger partial charge is 0.317 e. The van der Waals surface area contributed by atoms with Crippen molar-refractivity contribution in [2.24, 2.45) is 5.92 Å². The van der Waals surface area contributed by atoms with Crippen molar-refractivity contribution in [3.63, 3.8) is 0 Å². The Morgan fingerprint density at radius 2 is 2.10 bits per heavy atom. The standard InChI is InChI=1S/C14H17N3O3/c18-14(11-3-6-15-7-4-11)16-8-5-10-1-2-12(17(19)20)9-13(10)16/h1-2,9,11,15H,3-8H2. The van der Waals surface area contributed by atoms with E-state index in [1.54, 1.807) is 11.0 Å². The van der Waals surface area contributed by atoms with Crippen LogP contribution in [0.15, 0.2) is 18.2 Å². The van der Waals surface area contributed by atoms with Crippen molar-refractivity contribution in [1.29, 1.82) is 0 Å². The number of nitro benzene ring substituents is 1. The Morgan fingerprint density at radius 1 is 1.35 bits per heavy atom. The molecular formula is C14H17N3O3. The molecule has 1 aromatic carbocycles. The number of benzene rings is 1. The summed E-state index contributed by atoms with van der Waals surface area (Å²) in [6, 6.07) is 4.81. The van der Waals surface area contributed by atoms with Crippen molar-refractivity contribution in [1.82, 2.24) is 5.32 Å². The third-order valence-corrected chi connectivity index (χ3v) is 4.13. The van der Waals surface area contributed by atoms with Crippen LogP contribution in [0.5, 0.6) is 0 Å². The van der Waals surface area contributed by atoms with E-state index in [0.717, 1.165) is 43.6 Å². The van der Waals surface area contributed by atoms with Gasteiger partial charge in [0.05, 0.1) is 10.6 Å². The third-order valence-electron chi connectivity index (χ3n) is 4.13. The fraction of sp³-hybridized carbons (Fsp3) is 0.500. The summed E-state index contributed by atoms with van der Waals surface area (Å²) in [6.07, 6.45) is 2.48. The van der Waals surface area contributed by atoms with Gasteiger partial charge in [0.15, 0.2) is 0 Å². The van der Waals surface area contributed by atoms with Crippen LogP contribution in [0.3, 0.4) is 0 Å². The molecule has 0 bridgehead atoms. The van der Waals surface area contributed by atoms with E-state index in [2.05, 4.69) is 5.32 Å². The fourth-order valence-electron chi connectivity index (χ4n) is 3.00. The number of rotatable bonds is 2. The van der Waals surface area contributed by atoms with E-state index in [1.165, 1.54) is 12.1 Å². The first-order valence-corrected chi connectivity index (χ1v) is 6.96. The highest BCUT2D eigenvalue weighted by Gasteiger charge is 2.31. The number of anilines is 1. The molecule has 2 aliphatic rings. The molecule has 6 heteroatoms. The van der Waals surface area contributed by atoms with Gasteiger partial charge in [-0.05, 0) is 37.9 Å². The predicted molar refractivity (Wildman–Crippen MR) is 74.7 cm³/mol. The molecule has 6 nitrogen and oxygen atoms in total. The zero-order valence-corrected chi connectivity index (χ0v) is 11.2. The molecule has 1 fully saturated rings. The lowest BCUT2D eigenvalue weighted by Gasteiger charge is -2.27. The van der Waals surface area contributed by atoms with Gasteiger partial charge in [0.2, 0.25) is 5.91 Å². The maximum Gasteiger partial charge on any atom is 0.271 e. The van der Waals surface area contributed by atoms with E-state index in [1.807, 2.05) is 0 Å². The summed E-state index contributed by atoms with van der Waals surface area (Å²) in [5.41, 5.74) is 1.80. The fourth-order valence-corrected chi connectivity index (χ4v) is 3.00. The lowest BCUT2D eigenvalue weighted by atomic mass is 9.96. The molecule has 20 heavy (non-hydrogen) atoms. The van der Waals surface area contributed by atoms with Gasteiger partial charge in [-0.25, -0.2) is 0 Å². The molecular weight excluding hydrogens is 258 g/mol. The van der Waals surface area contributed by atoms with Crippen LogP contribution >= 0.6 is 0 Å². The average Bonchev–Trinajstić information content (AvgIpc) is 2.90. The van der Waals surface area contributed by atoms with Crippen molar-refractivity contribution in [2.75, 3.05) is 24.5 Å². The van der Waals surface area contributed by atoms with Gasteiger partial charge in [-0.15, -0.1) is 0 Å². The summed E-state index contributed by atoms with van der Waals surface area (Å²) >= 11 is 0. The van der Waals surface area contributed by atoms with E-state index in [9.17, 15) is 14.9 Å². The average molecular weight is 275 g/mol. The molecule has 106 valence electrons. The Bertz CT molecular complexity index is 553. The maximum absolute atomic E-state index is 12.6. The highest BCUT2D eigenvalue weighted by Crippen LogP contribution is 2.33. The minimum absolute atomic E-state index is 0.0430. The van der Waals surface area contributed by atoms with Crippen LogP contribution in [-0.2, 0) is 11.2 Å². The molecule has 2 heterocycles. The second kappa shape index (κ2) is 5.20. The van der Waals surface area contributed by atoms with Gasteiger partial charge < -0.3 is 10.2 Å². The number of fused-ring (bicyclic) bond motifs is 1. The van der Waals surface area contributed by atoms with Crippen LogP contribution in [0.25, 0.3) is 0 Å². The first kappa shape index (κ1) is 13.1. The summed E-state index contributed by atoms with van der Waals surface area (Å²) in [5.74, 6) is 0.159. The molecule has 0 unspecified atom stereocenters. The summed E-state index contributed by atoms with van der Waals surface area (Å²) in [7, 11) is 0. The number of non-ortho nitro benzene ring substituents is 1. The highest BCUT2D eigenvalue weighted by molar-refractivity contribution is 5.97.